The molecule has 1 aromatic carbocycles. The molecule has 14 heavy (non-hydrogen) atoms. The summed E-state index contributed by atoms with van der Waals surface area (Å²) in [6, 6.07) is 4.96. The molecule has 2 aliphatic carbocycles. The Morgan fingerprint density at radius 1 is 1.50 bits per heavy atom. The first-order chi connectivity index (χ1) is 6.70. The van der Waals surface area contributed by atoms with Crippen LogP contribution < -0.4 is 0 Å². The van der Waals surface area contributed by atoms with Crippen LogP contribution in [-0.2, 0) is 11.2 Å². The van der Waals surface area contributed by atoms with Crippen molar-refractivity contribution in [2.75, 3.05) is 0 Å². The van der Waals surface area contributed by atoms with Gasteiger partial charge in [-0.1, -0.05) is 12.1 Å². The van der Waals surface area contributed by atoms with Crippen LogP contribution in [0.4, 0.5) is 4.39 Å². The number of halogens is 1. The Morgan fingerprint density at radius 2 is 2.29 bits per heavy atom. The van der Waals surface area contributed by atoms with Crippen molar-refractivity contribution >= 4 is 5.97 Å². The molecule has 72 valence electrons. The van der Waals surface area contributed by atoms with E-state index >= 15 is 0 Å². The number of aliphatic carboxylic acids is 1. The molecule has 2 aliphatic rings. The van der Waals surface area contributed by atoms with E-state index in [1.807, 2.05) is 6.07 Å². The van der Waals surface area contributed by atoms with E-state index in [9.17, 15) is 9.18 Å². The Hall–Kier alpha value is -1.38. The maximum atomic E-state index is 13.3. The molecule has 0 amide bonds. The first-order valence-corrected chi connectivity index (χ1v) is 4.70. The van der Waals surface area contributed by atoms with E-state index in [-0.39, 0.29) is 23.6 Å². The number of fused-ring (bicyclic) bond motifs is 3. The van der Waals surface area contributed by atoms with Gasteiger partial charge in [0.15, 0.2) is 0 Å². The summed E-state index contributed by atoms with van der Waals surface area (Å²) in [6.07, 6.45) is 0.601. The van der Waals surface area contributed by atoms with Crippen molar-refractivity contribution in [3.05, 3.63) is 35.1 Å². The molecule has 0 saturated heterocycles. The summed E-state index contributed by atoms with van der Waals surface area (Å²) in [5.74, 6) is -0.948. The van der Waals surface area contributed by atoms with Crippen LogP contribution in [0.3, 0.4) is 0 Å². The third kappa shape index (κ3) is 0.820. The predicted molar refractivity (Wildman–Crippen MR) is 47.5 cm³/mol. The quantitative estimate of drug-likeness (QED) is 0.736. The highest BCUT2D eigenvalue weighted by atomic mass is 19.1. The molecule has 1 fully saturated rings. The highest BCUT2D eigenvalue weighted by Gasteiger charge is 2.60. The monoisotopic (exact) mass is 192 g/mol. The smallest absolute Gasteiger partial charge is 0.307 e. The SMILES string of the molecule is O=C(O)C1C2Cc3c(F)cccc3C21. The first-order valence-electron chi connectivity index (χ1n) is 4.70. The van der Waals surface area contributed by atoms with Crippen LogP contribution in [0.5, 0.6) is 0 Å². The molecule has 1 saturated carbocycles. The minimum Gasteiger partial charge on any atom is -0.481 e. The maximum Gasteiger partial charge on any atom is 0.307 e. The summed E-state index contributed by atoms with van der Waals surface area (Å²) in [6.45, 7) is 0. The lowest BCUT2D eigenvalue weighted by atomic mass is 10.0. The van der Waals surface area contributed by atoms with Crippen LogP contribution in [0, 0.1) is 17.7 Å². The molecule has 1 aromatic rings. The Labute approximate surface area is 80.4 Å². The number of carboxylic acid groups (broad SMARTS) is 1. The second-order valence-corrected chi connectivity index (χ2v) is 4.07. The van der Waals surface area contributed by atoms with Gasteiger partial charge in [0.1, 0.15) is 5.82 Å². The Kier molecular flexibility index (Phi) is 1.34. The van der Waals surface area contributed by atoms with Gasteiger partial charge in [-0.25, -0.2) is 4.39 Å². The number of hydrogen-bond donors (Lipinski definition) is 1. The minimum atomic E-state index is -0.741. The van der Waals surface area contributed by atoms with Gasteiger partial charge in [0, 0.05) is 5.92 Å². The molecule has 3 unspecified atom stereocenters. The molecule has 3 rings (SSSR count). The zero-order chi connectivity index (χ0) is 9.87. The molecule has 0 radical (unpaired) electrons. The zero-order valence-corrected chi connectivity index (χ0v) is 7.40. The highest BCUT2D eigenvalue weighted by molar-refractivity contribution is 5.77. The molecule has 0 bridgehead atoms. The number of rotatable bonds is 1. The molecule has 1 N–H and O–H groups in total. The van der Waals surface area contributed by atoms with Crippen LogP contribution >= 0.6 is 0 Å². The third-order valence-corrected chi connectivity index (χ3v) is 3.41. The van der Waals surface area contributed by atoms with Gasteiger partial charge in [0.25, 0.3) is 0 Å². The number of hydrogen-bond acceptors (Lipinski definition) is 1. The van der Waals surface area contributed by atoms with Crippen molar-refractivity contribution in [3.8, 4) is 0 Å². The van der Waals surface area contributed by atoms with Gasteiger partial charge in [-0.3, -0.25) is 4.79 Å². The summed E-state index contributed by atoms with van der Waals surface area (Å²) in [7, 11) is 0. The molecule has 0 aliphatic heterocycles. The lowest BCUT2D eigenvalue weighted by molar-refractivity contribution is -0.139. The van der Waals surface area contributed by atoms with Crippen LogP contribution in [0.1, 0.15) is 17.0 Å². The normalized spacial score (nSPS) is 32.2. The van der Waals surface area contributed by atoms with E-state index in [0.717, 1.165) is 11.1 Å². The van der Waals surface area contributed by atoms with E-state index < -0.39 is 5.97 Å². The average Bonchev–Trinajstić information content (AvgIpc) is 2.73. The molecule has 3 heteroatoms. The largest absolute Gasteiger partial charge is 0.481 e. The summed E-state index contributed by atoms with van der Waals surface area (Å²) < 4.78 is 13.3. The molecule has 3 atom stereocenters. The van der Waals surface area contributed by atoms with Crippen LogP contribution in [0.2, 0.25) is 0 Å². The zero-order valence-electron chi connectivity index (χ0n) is 7.40. The molecule has 0 heterocycles. The number of benzene rings is 1. The molecule has 0 spiro atoms. The molecule has 2 nitrogen and oxygen atoms in total. The fraction of sp³-hybridized carbons (Fsp3) is 0.364. The van der Waals surface area contributed by atoms with Gasteiger partial charge >= 0.3 is 5.97 Å². The van der Waals surface area contributed by atoms with Gasteiger partial charge in [-0.05, 0) is 29.5 Å². The Balaban J connectivity index is 2.03. The third-order valence-electron chi connectivity index (χ3n) is 3.41. The van der Waals surface area contributed by atoms with E-state index in [4.69, 9.17) is 5.11 Å². The lowest BCUT2D eigenvalue weighted by Crippen LogP contribution is -2.06. The fourth-order valence-electron chi connectivity index (χ4n) is 2.73. The predicted octanol–water partition coefficient (Wildman–Crippen LogP) is 1.80. The van der Waals surface area contributed by atoms with E-state index in [2.05, 4.69) is 0 Å². The standard InChI is InChI=1S/C11H9FO2/c12-8-3-1-2-5-6(8)4-7-9(5)10(7)11(13)14/h1-3,7,9-10H,4H2,(H,13,14). The van der Waals surface area contributed by atoms with Crippen molar-refractivity contribution in [2.45, 2.75) is 12.3 Å². The number of carbonyl (C=O) groups is 1. The van der Waals surface area contributed by atoms with Crippen molar-refractivity contribution in [1.29, 1.82) is 0 Å². The first kappa shape index (κ1) is 7.97. The summed E-state index contributed by atoms with van der Waals surface area (Å²) in [5.41, 5.74) is 1.66. The van der Waals surface area contributed by atoms with Crippen LogP contribution in [0.15, 0.2) is 18.2 Å². The van der Waals surface area contributed by atoms with Gasteiger partial charge in [0.05, 0.1) is 5.92 Å². The Bertz CT molecular complexity index is 427. The summed E-state index contributed by atoms with van der Waals surface area (Å²) >= 11 is 0. The Morgan fingerprint density at radius 3 is 3.00 bits per heavy atom. The van der Waals surface area contributed by atoms with Gasteiger partial charge < -0.3 is 5.11 Å². The van der Waals surface area contributed by atoms with E-state index in [1.54, 1.807) is 6.07 Å². The maximum absolute atomic E-state index is 13.3. The summed E-state index contributed by atoms with van der Waals surface area (Å²) in [4.78, 5) is 10.8. The van der Waals surface area contributed by atoms with Crippen molar-refractivity contribution < 1.29 is 14.3 Å². The van der Waals surface area contributed by atoms with E-state index in [1.165, 1.54) is 6.07 Å². The van der Waals surface area contributed by atoms with Crippen LogP contribution in [0.25, 0.3) is 0 Å². The second-order valence-electron chi connectivity index (χ2n) is 4.07. The van der Waals surface area contributed by atoms with Gasteiger partial charge in [-0.15, -0.1) is 0 Å². The topological polar surface area (TPSA) is 37.3 Å². The van der Waals surface area contributed by atoms with Crippen LogP contribution in [-0.4, -0.2) is 11.1 Å². The van der Waals surface area contributed by atoms with Crippen molar-refractivity contribution in [3.63, 3.8) is 0 Å². The lowest BCUT2D eigenvalue weighted by Gasteiger charge is -2.05. The van der Waals surface area contributed by atoms with Crippen molar-refractivity contribution in [2.24, 2.45) is 11.8 Å². The van der Waals surface area contributed by atoms with Gasteiger partial charge in [0.2, 0.25) is 0 Å². The highest BCUT2D eigenvalue weighted by Crippen LogP contribution is 2.61. The number of carboxylic acids is 1. The fourth-order valence-corrected chi connectivity index (χ4v) is 2.73. The molecule has 0 aromatic heterocycles. The summed E-state index contributed by atoms with van der Waals surface area (Å²) in [5, 5.41) is 8.86. The molecular formula is C11H9FO2. The van der Waals surface area contributed by atoms with Gasteiger partial charge in [-0.2, -0.15) is 0 Å². The van der Waals surface area contributed by atoms with E-state index in [0.29, 0.717) is 6.42 Å². The van der Waals surface area contributed by atoms with Crippen molar-refractivity contribution in [1.82, 2.24) is 0 Å². The minimum absolute atomic E-state index is 0.0817. The second kappa shape index (κ2) is 2.35. The average molecular weight is 192 g/mol. The molecular weight excluding hydrogens is 183 g/mol.